The van der Waals surface area contributed by atoms with Crippen molar-refractivity contribution < 1.29 is 0 Å². The number of fused-ring (bicyclic) bond motifs is 1. The first-order chi connectivity index (χ1) is 6.27. The van der Waals surface area contributed by atoms with Crippen LogP contribution in [-0.2, 0) is 19.9 Å². The predicted molar refractivity (Wildman–Crippen MR) is 51.4 cm³/mol. The van der Waals surface area contributed by atoms with Crippen molar-refractivity contribution in [3.05, 3.63) is 11.4 Å². The van der Waals surface area contributed by atoms with Crippen molar-refractivity contribution in [2.24, 2.45) is 13.0 Å². The third-order valence-electron chi connectivity index (χ3n) is 2.93. The lowest BCUT2D eigenvalue weighted by atomic mass is 9.93. The van der Waals surface area contributed by atoms with Crippen molar-refractivity contribution in [1.29, 1.82) is 0 Å². The summed E-state index contributed by atoms with van der Waals surface area (Å²) in [5.74, 6) is 0.774. The number of aryl methyl sites for hydroxylation is 1. The molecule has 0 saturated heterocycles. The van der Waals surface area contributed by atoms with E-state index in [2.05, 4.69) is 17.2 Å². The Morgan fingerprint density at radius 1 is 1.38 bits per heavy atom. The normalized spacial score (nSPS) is 23.4. The van der Waals surface area contributed by atoms with Crippen LogP contribution < -0.4 is 0 Å². The SMILES string of the molecule is CC1CCCCc2c(nnn2C)C1. The van der Waals surface area contributed by atoms with E-state index >= 15 is 0 Å². The molecule has 1 heterocycles. The zero-order valence-corrected chi connectivity index (χ0v) is 8.45. The summed E-state index contributed by atoms with van der Waals surface area (Å²) >= 11 is 0. The molecule has 0 N–H and O–H groups in total. The van der Waals surface area contributed by atoms with E-state index in [4.69, 9.17) is 0 Å². The second kappa shape index (κ2) is 3.48. The summed E-state index contributed by atoms with van der Waals surface area (Å²) in [6.45, 7) is 2.31. The van der Waals surface area contributed by atoms with Crippen LogP contribution in [0.5, 0.6) is 0 Å². The highest BCUT2D eigenvalue weighted by atomic mass is 15.4. The Balaban J connectivity index is 2.27. The number of rotatable bonds is 0. The molecule has 13 heavy (non-hydrogen) atoms. The molecule has 1 aromatic rings. The molecule has 0 amide bonds. The fourth-order valence-electron chi connectivity index (χ4n) is 2.10. The summed E-state index contributed by atoms with van der Waals surface area (Å²) < 4.78 is 1.94. The largest absolute Gasteiger partial charge is 0.252 e. The number of hydrogen-bond acceptors (Lipinski definition) is 2. The summed E-state index contributed by atoms with van der Waals surface area (Å²) in [6.07, 6.45) is 6.26. The van der Waals surface area contributed by atoms with Crippen LogP contribution in [0.2, 0.25) is 0 Å². The first-order valence-corrected chi connectivity index (χ1v) is 5.15. The van der Waals surface area contributed by atoms with Gasteiger partial charge in [0.1, 0.15) is 0 Å². The average Bonchev–Trinajstić information content (AvgIpc) is 2.38. The van der Waals surface area contributed by atoms with Crippen molar-refractivity contribution in [2.45, 2.75) is 39.0 Å². The zero-order valence-electron chi connectivity index (χ0n) is 8.45. The minimum Gasteiger partial charge on any atom is -0.252 e. The van der Waals surface area contributed by atoms with Gasteiger partial charge >= 0.3 is 0 Å². The molecule has 0 radical (unpaired) electrons. The number of aromatic nitrogens is 3. The highest BCUT2D eigenvalue weighted by Gasteiger charge is 2.16. The van der Waals surface area contributed by atoms with Gasteiger partial charge in [-0.1, -0.05) is 25.0 Å². The van der Waals surface area contributed by atoms with Gasteiger partial charge in [-0.15, -0.1) is 5.10 Å². The average molecular weight is 179 g/mol. The molecule has 3 nitrogen and oxygen atoms in total. The van der Waals surface area contributed by atoms with Gasteiger partial charge in [-0.3, -0.25) is 4.68 Å². The standard InChI is InChI=1S/C10H17N3/c1-8-5-3-4-6-10-9(7-8)11-12-13(10)2/h8H,3-7H2,1-2H3. The first-order valence-electron chi connectivity index (χ1n) is 5.15. The summed E-state index contributed by atoms with van der Waals surface area (Å²) in [5, 5.41) is 8.30. The van der Waals surface area contributed by atoms with Crippen LogP contribution in [0, 0.1) is 5.92 Å². The molecule has 0 saturated carbocycles. The summed E-state index contributed by atoms with van der Waals surface area (Å²) in [5.41, 5.74) is 2.58. The van der Waals surface area contributed by atoms with Crippen molar-refractivity contribution in [3.63, 3.8) is 0 Å². The Hall–Kier alpha value is -0.860. The summed E-state index contributed by atoms with van der Waals surface area (Å²) in [6, 6.07) is 0. The highest BCUT2D eigenvalue weighted by Crippen LogP contribution is 2.21. The first kappa shape index (κ1) is 8.73. The Morgan fingerprint density at radius 3 is 3.08 bits per heavy atom. The third-order valence-corrected chi connectivity index (χ3v) is 2.93. The van der Waals surface area contributed by atoms with E-state index in [1.54, 1.807) is 0 Å². The number of hydrogen-bond donors (Lipinski definition) is 0. The van der Waals surface area contributed by atoms with E-state index in [0.717, 1.165) is 18.8 Å². The van der Waals surface area contributed by atoms with Gasteiger partial charge in [0.2, 0.25) is 0 Å². The maximum absolute atomic E-state index is 4.22. The molecule has 1 unspecified atom stereocenters. The van der Waals surface area contributed by atoms with E-state index in [0.29, 0.717) is 0 Å². The topological polar surface area (TPSA) is 30.7 Å². The smallest absolute Gasteiger partial charge is 0.0861 e. The third kappa shape index (κ3) is 1.74. The van der Waals surface area contributed by atoms with E-state index in [1.807, 2.05) is 11.7 Å². The van der Waals surface area contributed by atoms with Crippen molar-refractivity contribution in [1.82, 2.24) is 15.0 Å². The molecular weight excluding hydrogens is 162 g/mol. The molecule has 1 aliphatic rings. The van der Waals surface area contributed by atoms with Crippen LogP contribution in [0.1, 0.15) is 37.6 Å². The fraction of sp³-hybridized carbons (Fsp3) is 0.800. The maximum atomic E-state index is 4.22. The summed E-state index contributed by atoms with van der Waals surface area (Å²) in [4.78, 5) is 0. The Labute approximate surface area is 79.1 Å². The van der Waals surface area contributed by atoms with Crippen molar-refractivity contribution in [2.75, 3.05) is 0 Å². The van der Waals surface area contributed by atoms with Crippen molar-refractivity contribution >= 4 is 0 Å². The van der Waals surface area contributed by atoms with Gasteiger partial charge in [0.15, 0.2) is 0 Å². The van der Waals surface area contributed by atoms with Crippen LogP contribution in [0.4, 0.5) is 0 Å². The van der Waals surface area contributed by atoms with Crippen LogP contribution in [0.15, 0.2) is 0 Å². The molecule has 3 heteroatoms. The maximum Gasteiger partial charge on any atom is 0.0861 e. The predicted octanol–water partition coefficient (Wildman–Crippen LogP) is 1.72. The van der Waals surface area contributed by atoms with Crippen LogP contribution in [0.25, 0.3) is 0 Å². The lowest BCUT2D eigenvalue weighted by Gasteiger charge is -2.14. The van der Waals surface area contributed by atoms with E-state index < -0.39 is 0 Å². The Bertz CT molecular complexity index is 290. The summed E-state index contributed by atoms with van der Waals surface area (Å²) in [7, 11) is 2.00. The van der Waals surface area contributed by atoms with Gasteiger partial charge in [-0.2, -0.15) is 0 Å². The zero-order chi connectivity index (χ0) is 9.26. The van der Waals surface area contributed by atoms with Gasteiger partial charge in [0.05, 0.1) is 11.4 Å². The van der Waals surface area contributed by atoms with Crippen molar-refractivity contribution in [3.8, 4) is 0 Å². The lowest BCUT2D eigenvalue weighted by Crippen LogP contribution is -2.08. The number of nitrogens with zero attached hydrogens (tertiary/aromatic N) is 3. The Kier molecular flexibility index (Phi) is 2.34. The minimum atomic E-state index is 0.774. The van der Waals surface area contributed by atoms with Gasteiger partial charge in [0.25, 0.3) is 0 Å². The van der Waals surface area contributed by atoms with Gasteiger partial charge in [0, 0.05) is 7.05 Å². The molecule has 0 bridgehead atoms. The van der Waals surface area contributed by atoms with Crippen LogP contribution in [0.3, 0.4) is 0 Å². The quantitative estimate of drug-likeness (QED) is 0.607. The molecule has 72 valence electrons. The van der Waals surface area contributed by atoms with Gasteiger partial charge in [-0.05, 0) is 25.2 Å². The molecule has 1 aliphatic carbocycles. The molecule has 1 aromatic heterocycles. The fourth-order valence-corrected chi connectivity index (χ4v) is 2.10. The molecule has 2 rings (SSSR count). The molecular formula is C10H17N3. The van der Waals surface area contributed by atoms with Gasteiger partial charge in [-0.25, -0.2) is 0 Å². The highest BCUT2D eigenvalue weighted by molar-refractivity contribution is 5.11. The van der Waals surface area contributed by atoms with Crippen LogP contribution >= 0.6 is 0 Å². The molecule has 0 aromatic carbocycles. The lowest BCUT2D eigenvalue weighted by molar-refractivity contribution is 0.472. The second-order valence-corrected chi connectivity index (χ2v) is 4.16. The van der Waals surface area contributed by atoms with E-state index in [9.17, 15) is 0 Å². The van der Waals surface area contributed by atoms with E-state index in [1.165, 1.54) is 30.7 Å². The van der Waals surface area contributed by atoms with Gasteiger partial charge < -0.3 is 0 Å². The van der Waals surface area contributed by atoms with Crippen LogP contribution in [-0.4, -0.2) is 15.0 Å². The molecule has 1 atom stereocenters. The molecule has 0 aliphatic heterocycles. The monoisotopic (exact) mass is 179 g/mol. The van der Waals surface area contributed by atoms with E-state index in [-0.39, 0.29) is 0 Å². The Morgan fingerprint density at radius 2 is 2.23 bits per heavy atom. The molecule has 0 spiro atoms. The molecule has 0 fully saturated rings. The minimum absolute atomic E-state index is 0.774. The second-order valence-electron chi connectivity index (χ2n) is 4.16.